The molecule has 2 aromatic carbocycles. The molecule has 1 aliphatic rings. The van der Waals surface area contributed by atoms with Crippen LogP contribution in [-0.2, 0) is 11.3 Å². The van der Waals surface area contributed by atoms with Gasteiger partial charge in [0.2, 0.25) is 0 Å². The van der Waals surface area contributed by atoms with Crippen LogP contribution in [0.5, 0.6) is 5.75 Å². The molecular formula is C20H24Cl2N2O3. The molecule has 1 heterocycles. The number of rotatable bonds is 6. The van der Waals surface area contributed by atoms with Crippen molar-refractivity contribution < 1.29 is 14.3 Å². The first-order chi connectivity index (χ1) is 12.7. The summed E-state index contributed by atoms with van der Waals surface area (Å²) in [5.41, 5.74) is 1.71. The molecule has 1 atom stereocenters. The third-order valence-electron chi connectivity index (χ3n) is 4.37. The average Bonchev–Trinajstić information content (AvgIpc) is 2.67. The van der Waals surface area contributed by atoms with Gasteiger partial charge in [-0.05, 0) is 23.8 Å². The maximum Gasteiger partial charge on any atom is 0.255 e. The van der Waals surface area contributed by atoms with Gasteiger partial charge in [0, 0.05) is 31.2 Å². The van der Waals surface area contributed by atoms with Gasteiger partial charge in [0.1, 0.15) is 5.75 Å². The minimum Gasteiger partial charge on any atom is -0.496 e. The van der Waals surface area contributed by atoms with Gasteiger partial charge in [-0.1, -0.05) is 41.9 Å². The van der Waals surface area contributed by atoms with E-state index in [-0.39, 0.29) is 24.4 Å². The van der Waals surface area contributed by atoms with Gasteiger partial charge in [-0.2, -0.15) is 0 Å². The van der Waals surface area contributed by atoms with Crippen LogP contribution in [-0.4, -0.2) is 50.3 Å². The van der Waals surface area contributed by atoms with E-state index < -0.39 is 0 Å². The molecule has 1 saturated heterocycles. The van der Waals surface area contributed by atoms with E-state index in [1.54, 1.807) is 18.2 Å². The molecule has 27 heavy (non-hydrogen) atoms. The highest BCUT2D eigenvalue weighted by molar-refractivity contribution is 6.31. The molecule has 1 aliphatic heterocycles. The Balaban J connectivity index is 0.00000261. The number of nitrogens with one attached hydrogen (secondary N) is 1. The van der Waals surface area contributed by atoms with Crippen molar-refractivity contribution in [3.05, 3.63) is 64.7 Å². The van der Waals surface area contributed by atoms with Crippen molar-refractivity contribution in [2.24, 2.45) is 0 Å². The maximum absolute atomic E-state index is 12.5. The Hall–Kier alpha value is -1.79. The summed E-state index contributed by atoms with van der Waals surface area (Å²) in [5.74, 6) is 0.287. The number of amides is 1. The van der Waals surface area contributed by atoms with Crippen molar-refractivity contribution in [3.8, 4) is 5.75 Å². The van der Waals surface area contributed by atoms with Crippen molar-refractivity contribution in [1.82, 2.24) is 10.2 Å². The Morgan fingerprint density at radius 1 is 1.30 bits per heavy atom. The topological polar surface area (TPSA) is 50.8 Å². The molecule has 0 aromatic heterocycles. The Morgan fingerprint density at radius 3 is 2.81 bits per heavy atom. The molecule has 1 fully saturated rings. The molecule has 0 aliphatic carbocycles. The van der Waals surface area contributed by atoms with Gasteiger partial charge >= 0.3 is 0 Å². The van der Waals surface area contributed by atoms with E-state index in [1.807, 2.05) is 18.2 Å². The van der Waals surface area contributed by atoms with E-state index in [1.165, 1.54) is 12.7 Å². The van der Waals surface area contributed by atoms with E-state index in [0.717, 1.165) is 19.6 Å². The normalized spacial score (nSPS) is 17.0. The van der Waals surface area contributed by atoms with E-state index in [4.69, 9.17) is 21.1 Å². The van der Waals surface area contributed by atoms with E-state index in [2.05, 4.69) is 22.3 Å². The van der Waals surface area contributed by atoms with Crippen molar-refractivity contribution in [2.45, 2.75) is 12.6 Å². The number of ether oxygens (including phenoxy) is 2. The number of halogens is 2. The van der Waals surface area contributed by atoms with Gasteiger partial charge in [-0.3, -0.25) is 9.69 Å². The molecule has 0 radical (unpaired) electrons. The van der Waals surface area contributed by atoms with Crippen molar-refractivity contribution in [3.63, 3.8) is 0 Å². The van der Waals surface area contributed by atoms with Crippen LogP contribution in [0.4, 0.5) is 0 Å². The molecule has 5 nitrogen and oxygen atoms in total. The molecule has 2 aromatic rings. The molecule has 0 spiro atoms. The standard InChI is InChI=1S/C20H23ClN2O3.ClH/c1-25-19-8-7-16(21)11-18(19)20(24)22-12-17-14-23(9-10-26-17)13-15-5-3-2-4-6-15;/h2-8,11,17H,9-10,12-14H2,1H3,(H,22,24);1H. The number of nitrogens with zero attached hydrogens (tertiary/aromatic N) is 1. The molecule has 3 rings (SSSR count). The first-order valence-corrected chi connectivity index (χ1v) is 9.03. The van der Waals surface area contributed by atoms with Gasteiger partial charge < -0.3 is 14.8 Å². The fourth-order valence-corrected chi connectivity index (χ4v) is 3.22. The smallest absolute Gasteiger partial charge is 0.255 e. The monoisotopic (exact) mass is 410 g/mol. The van der Waals surface area contributed by atoms with Gasteiger partial charge in [0.05, 0.1) is 25.4 Å². The first kappa shape index (κ1) is 21.5. The fraction of sp³-hybridized carbons (Fsp3) is 0.350. The van der Waals surface area contributed by atoms with Crippen LogP contribution < -0.4 is 10.1 Å². The molecule has 1 N–H and O–H groups in total. The van der Waals surface area contributed by atoms with Crippen molar-refractivity contribution in [2.75, 3.05) is 33.4 Å². The van der Waals surface area contributed by atoms with Gasteiger partial charge in [-0.25, -0.2) is 0 Å². The summed E-state index contributed by atoms with van der Waals surface area (Å²) in [5, 5.41) is 3.42. The van der Waals surface area contributed by atoms with Crippen LogP contribution in [0.1, 0.15) is 15.9 Å². The Bertz CT molecular complexity index is 743. The van der Waals surface area contributed by atoms with Gasteiger partial charge in [0.15, 0.2) is 0 Å². The first-order valence-electron chi connectivity index (χ1n) is 8.65. The fourth-order valence-electron chi connectivity index (χ4n) is 3.05. The zero-order valence-electron chi connectivity index (χ0n) is 15.2. The molecule has 1 unspecified atom stereocenters. The van der Waals surface area contributed by atoms with Crippen molar-refractivity contribution in [1.29, 1.82) is 0 Å². The van der Waals surface area contributed by atoms with Crippen molar-refractivity contribution >= 4 is 29.9 Å². The summed E-state index contributed by atoms with van der Waals surface area (Å²) in [6.45, 7) is 3.66. The summed E-state index contributed by atoms with van der Waals surface area (Å²) in [4.78, 5) is 14.8. The molecular weight excluding hydrogens is 387 g/mol. The molecule has 0 saturated carbocycles. The maximum atomic E-state index is 12.5. The van der Waals surface area contributed by atoms with Crippen LogP contribution in [0, 0.1) is 0 Å². The number of morpholine rings is 1. The SMILES string of the molecule is COc1ccc(Cl)cc1C(=O)NCC1CN(Cc2ccccc2)CCO1.Cl. The lowest BCUT2D eigenvalue weighted by Gasteiger charge is -2.33. The molecule has 146 valence electrons. The lowest BCUT2D eigenvalue weighted by atomic mass is 10.1. The Morgan fingerprint density at radius 2 is 2.07 bits per heavy atom. The third kappa shape index (κ3) is 6.11. The predicted molar refractivity (Wildman–Crippen MR) is 109 cm³/mol. The number of carbonyl (C=O) groups excluding carboxylic acids is 1. The number of hydrogen-bond donors (Lipinski definition) is 1. The minimum atomic E-state index is -0.215. The van der Waals surface area contributed by atoms with Crippen LogP contribution in [0.3, 0.4) is 0 Å². The van der Waals surface area contributed by atoms with Crippen LogP contribution in [0.25, 0.3) is 0 Å². The zero-order chi connectivity index (χ0) is 18.4. The predicted octanol–water partition coefficient (Wildman–Crippen LogP) is 3.40. The second-order valence-corrected chi connectivity index (χ2v) is 6.70. The van der Waals surface area contributed by atoms with Crippen LogP contribution in [0.2, 0.25) is 5.02 Å². The lowest BCUT2D eigenvalue weighted by Crippen LogP contribution is -2.47. The average molecular weight is 411 g/mol. The summed E-state index contributed by atoms with van der Waals surface area (Å²) < 4.78 is 11.0. The zero-order valence-corrected chi connectivity index (χ0v) is 16.8. The number of benzene rings is 2. The van der Waals surface area contributed by atoms with E-state index in [9.17, 15) is 4.79 Å². The Labute approximate surface area is 171 Å². The number of methoxy groups -OCH3 is 1. The highest BCUT2D eigenvalue weighted by atomic mass is 35.5. The summed E-state index contributed by atoms with van der Waals surface area (Å²) >= 11 is 6.00. The minimum absolute atomic E-state index is 0. The van der Waals surface area contributed by atoms with Crippen LogP contribution >= 0.6 is 24.0 Å². The summed E-state index contributed by atoms with van der Waals surface area (Å²) in [6.07, 6.45) is -0.0402. The Kier molecular flexibility index (Phi) is 8.38. The lowest BCUT2D eigenvalue weighted by molar-refractivity contribution is -0.0292. The summed E-state index contributed by atoms with van der Waals surface area (Å²) in [7, 11) is 1.53. The second-order valence-electron chi connectivity index (χ2n) is 6.27. The molecule has 7 heteroatoms. The number of hydrogen-bond acceptors (Lipinski definition) is 4. The molecule has 1 amide bonds. The van der Waals surface area contributed by atoms with Gasteiger partial charge in [0.25, 0.3) is 5.91 Å². The van der Waals surface area contributed by atoms with E-state index in [0.29, 0.717) is 29.5 Å². The van der Waals surface area contributed by atoms with E-state index >= 15 is 0 Å². The molecule has 0 bridgehead atoms. The highest BCUT2D eigenvalue weighted by Gasteiger charge is 2.22. The van der Waals surface area contributed by atoms with Gasteiger partial charge in [-0.15, -0.1) is 12.4 Å². The summed E-state index contributed by atoms with van der Waals surface area (Å²) in [6, 6.07) is 15.4. The highest BCUT2D eigenvalue weighted by Crippen LogP contribution is 2.22. The second kappa shape index (κ2) is 10.5. The van der Waals surface area contributed by atoms with Crippen LogP contribution in [0.15, 0.2) is 48.5 Å². The largest absolute Gasteiger partial charge is 0.496 e. The number of carbonyl (C=O) groups is 1. The third-order valence-corrected chi connectivity index (χ3v) is 4.60. The quantitative estimate of drug-likeness (QED) is 0.792.